The molecular weight excluding hydrogens is 332 g/mol. The Kier molecular flexibility index (Phi) is 5.25. The zero-order valence-corrected chi connectivity index (χ0v) is 15.3. The maximum Gasteiger partial charge on any atom is 0.0839 e. The van der Waals surface area contributed by atoms with Gasteiger partial charge in [-0.1, -0.05) is 41.9 Å². The topological polar surface area (TPSA) is 15.7 Å². The maximum absolute atomic E-state index is 6.12. The number of rotatable bonds is 4. The average Bonchev–Trinajstić information content (AvgIpc) is 2.67. The summed E-state index contributed by atoms with van der Waals surface area (Å²) in [6, 6.07) is 16.9. The number of anilines is 1. The highest BCUT2D eigenvalue weighted by Gasteiger charge is 2.23. The Morgan fingerprint density at radius 3 is 2.68 bits per heavy atom. The second-order valence-corrected chi connectivity index (χ2v) is 7.34. The van der Waals surface area contributed by atoms with Crippen molar-refractivity contribution >= 4 is 17.3 Å². The average molecular weight is 357 g/mol. The Labute approximate surface area is 155 Å². The Morgan fingerprint density at radius 2 is 1.84 bits per heavy atom. The summed E-state index contributed by atoms with van der Waals surface area (Å²) in [6.45, 7) is 6.26. The van der Waals surface area contributed by atoms with Crippen LogP contribution in [0.5, 0.6) is 0 Å². The third kappa shape index (κ3) is 4.00. The van der Waals surface area contributed by atoms with E-state index in [1.165, 1.54) is 16.8 Å². The highest BCUT2D eigenvalue weighted by molar-refractivity contribution is 6.30. The van der Waals surface area contributed by atoms with Crippen molar-refractivity contribution in [3.8, 4) is 0 Å². The van der Waals surface area contributed by atoms with Gasteiger partial charge < -0.3 is 9.64 Å². The van der Waals surface area contributed by atoms with E-state index in [2.05, 4.69) is 46.2 Å². The van der Waals surface area contributed by atoms with E-state index in [9.17, 15) is 0 Å². The van der Waals surface area contributed by atoms with Crippen molar-refractivity contribution in [2.45, 2.75) is 18.9 Å². The summed E-state index contributed by atoms with van der Waals surface area (Å²) in [5.41, 5.74) is 4.09. The largest absolute Gasteiger partial charge is 0.373 e. The number of ether oxygens (including phenoxy) is 1. The lowest BCUT2D eigenvalue weighted by Crippen LogP contribution is -2.46. The molecule has 0 radical (unpaired) electrons. The van der Waals surface area contributed by atoms with Crippen molar-refractivity contribution in [1.82, 2.24) is 4.90 Å². The molecule has 4 rings (SSSR count). The molecule has 0 spiro atoms. The first kappa shape index (κ1) is 16.9. The van der Waals surface area contributed by atoms with Crippen molar-refractivity contribution in [3.05, 3.63) is 64.7 Å². The van der Waals surface area contributed by atoms with E-state index in [4.69, 9.17) is 16.3 Å². The molecule has 0 saturated carbocycles. The molecule has 132 valence electrons. The zero-order valence-electron chi connectivity index (χ0n) is 14.5. The Bertz CT molecular complexity index is 713. The van der Waals surface area contributed by atoms with Crippen LogP contribution in [0.25, 0.3) is 0 Å². The quantitative estimate of drug-likeness (QED) is 0.817. The number of piperazine rings is 1. The minimum absolute atomic E-state index is 0.260. The molecule has 0 aliphatic carbocycles. The molecule has 25 heavy (non-hydrogen) atoms. The molecule has 1 fully saturated rings. The summed E-state index contributed by atoms with van der Waals surface area (Å²) in [4.78, 5) is 4.98. The molecule has 2 aromatic carbocycles. The molecular formula is C21H25ClN2O. The van der Waals surface area contributed by atoms with Crippen LogP contribution in [-0.2, 0) is 11.2 Å². The first-order chi connectivity index (χ1) is 12.3. The Balaban J connectivity index is 1.30. The number of nitrogens with zero attached hydrogens (tertiary/aromatic N) is 2. The van der Waals surface area contributed by atoms with Gasteiger partial charge in [0.2, 0.25) is 0 Å². The minimum atomic E-state index is 0.260. The second kappa shape index (κ2) is 7.77. The van der Waals surface area contributed by atoms with Gasteiger partial charge in [0, 0.05) is 43.4 Å². The van der Waals surface area contributed by atoms with Crippen LogP contribution in [0.15, 0.2) is 48.5 Å². The second-order valence-electron chi connectivity index (χ2n) is 6.91. The number of fused-ring (bicyclic) bond motifs is 1. The van der Waals surface area contributed by atoms with Crippen molar-refractivity contribution in [3.63, 3.8) is 0 Å². The lowest BCUT2D eigenvalue weighted by Gasteiger charge is -2.37. The molecule has 0 N–H and O–H groups in total. The fourth-order valence-electron chi connectivity index (χ4n) is 3.92. The van der Waals surface area contributed by atoms with Crippen molar-refractivity contribution in [1.29, 1.82) is 0 Å². The van der Waals surface area contributed by atoms with Gasteiger partial charge in [-0.3, -0.25) is 4.90 Å². The Hall–Kier alpha value is -1.55. The number of hydrogen-bond acceptors (Lipinski definition) is 3. The molecule has 2 aromatic rings. The molecule has 1 saturated heterocycles. The fraction of sp³-hybridized carbons (Fsp3) is 0.429. The third-order valence-electron chi connectivity index (χ3n) is 5.35. The van der Waals surface area contributed by atoms with Gasteiger partial charge in [0.1, 0.15) is 0 Å². The third-order valence-corrected chi connectivity index (χ3v) is 5.58. The molecule has 2 aliphatic rings. The van der Waals surface area contributed by atoms with Crippen LogP contribution in [0.1, 0.15) is 23.7 Å². The normalized spacial score (nSPS) is 21.2. The predicted molar refractivity (Wildman–Crippen MR) is 104 cm³/mol. The van der Waals surface area contributed by atoms with Gasteiger partial charge in [0.15, 0.2) is 0 Å². The maximum atomic E-state index is 6.12. The van der Waals surface area contributed by atoms with Crippen molar-refractivity contribution < 1.29 is 4.74 Å². The van der Waals surface area contributed by atoms with Crippen molar-refractivity contribution in [2.24, 2.45) is 0 Å². The highest BCUT2D eigenvalue weighted by Crippen LogP contribution is 2.30. The van der Waals surface area contributed by atoms with E-state index in [1.807, 2.05) is 12.1 Å². The summed E-state index contributed by atoms with van der Waals surface area (Å²) < 4.78 is 6.05. The number of halogens is 1. The summed E-state index contributed by atoms with van der Waals surface area (Å²) in [7, 11) is 0. The molecule has 0 amide bonds. The van der Waals surface area contributed by atoms with E-state index >= 15 is 0 Å². The van der Waals surface area contributed by atoms with E-state index in [0.29, 0.717) is 0 Å². The van der Waals surface area contributed by atoms with Gasteiger partial charge in [-0.05, 0) is 42.2 Å². The summed E-state index contributed by atoms with van der Waals surface area (Å²) in [5, 5.41) is 0.813. The van der Waals surface area contributed by atoms with Crippen LogP contribution in [0, 0.1) is 0 Å². The molecule has 1 unspecified atom stereocenters. The standard InChI is InChI=1S/C21H25ClN2O/c22-18-5-3-6-19(16-18)24-13-11-23(12-14-24)10-8-21-20-7-2-1-4-17(20)9-15-25-21/h1-7,16,21H,8-15H2. The number of benzene rings is 2. The molecule has 2 heterocycles. The van der Waals surface area contributed by atoms with Crippen LogP contribution in [-0.4, -0.2) is 44.2 Å². The van der Waals surface area contributed by atoms with E-state index < -0.39 is 0 Å². The number of hydrogen-bond donors (Lipinski definition) is 0. The SMILES string of the molecule is Clc1cccc(N2CCN(CCC3OCCc4ccccc43)CC2)c1. The highest BCUT2D eigenvalue weighted by atomic mass is 35.5. The minimum Gasteiger partial charge on any atom is -0.373 e. The van der Waals surface area contributed by atoms with E-state index in [1.54, 1.807) is 0 Å². The fourth-order valence-corrected chi connectivity index (χ4v) is 4.10. The molecule has 1 atom stereocenters. The molecule has 3 nitrogen and oxygen atoms in total. The van der Waals surface area contributed by atoms with E-state index in [0.717, 1.165) is 57.2 Å². The van der Waals surface area contributed by atoms with Crippen molar-refractivity contribution in [2.75, 3.05) is 44.2 Å². The lowest BCUT2D eigenvalue weighted by atomic mass is 9.95. The molecule has 0 aromatic heterocycles. The monoisotopic (exact) mass is 356 g/mol. The van der Waals surface area contributed by atoms with Crippen LogP contribution in [0.2, 0.25) is 5.02 Å². The molecule has 4 heteroatoms. The first-order valence-electron chi connectivity index (χ1n) is 9.22. The van der Waals surface area contributed by atoms with Crippen LogP contribution in [0.3, 0.4) is 0 Å². The van der Waals surface area contributed by atoms with Gasteiger partial charge in [-0.2, -0.15) is 0 Å². The zero-order chi connectivity index (χ0) is 17.1. The predicted octanol–water partition coefficient (Wildman–Crippen LogP) is 4.17. The van der Waals surface area contributed by atoms with Gasteiger partial charge in [-0.25, -0.2) is 0 Å². The summed E-state index contributed by atoms with van der Waals surface area (Å²) >= 11 is 6.12. The first-order valence-corrected chi connectivity index (χ1v) is 9.60. The summed E-state index contributed by atoms with van der Waals surface area (Å²) in [5.74, 6) is 0. The lowest BCUT2D eigenvalue weighted by molar-refractivity contribution is 0.0289. The molecule has 2 aliphatic heterocycles. The van der Waals surface area contributed by atoms with Gasteiger partial charge in [0.05, 0.1) is 12.7 Å². The van der Waals surface area contributed by atoms with Crippen LogP contribution >= 0.6 is 11.6 Å². The van der Waals surface area contributed by atoms with Gasteiger partial charge in [-0.15, -0.1) is 0 Å². The van der Waals surface area contributed by atoms with E-state index in [-0.39, 0.29) is 6.10 Å². The Morgan fingerprint density at radius 1 is 1.00 bits per heavy atom. The van der Waals surface area contributed by atoms with Gasteiger partial charge >= 0.3 is 0 Å². The molecule has 0 bridgehead atoms. The smallest absolute Gasteiger partial charge is 0.0839 e. The summed E-state index contributed by atoms with van der Waals surface area (Å²) in [6.07, 6.45) is 2.38. The van der Waals surface area contributed by atoms with Crippen LogP contribution in [0.4, 0.5) is 5.69 Å². The van der Waals surface area contributed by atoms with Gasteiger partial charge in [0.25, 0.3) is 0 Å². The van der Waals surface area contributed by atoms with Crippen LogP contribution < -0.4 is 4.90 Å².